The highest BCUT2D eigenvalue weighted by Crippen LogP contribution is 2.30. The number of benzene rings is 5. The van der Waals surface area contributed by atoms with Gasteiger partial charge in [-0.1, -0.05) is 97.1 Å². The summed E-state index contributed by atoms with van der Waals surface area (Å²) in [7, 11) is -13.6. The first-order chi connectivity index (χ1) is 31.6. The average Bonchev–Trinajstić information content (AvgIpc) is 4.14. The molecule has 0 aliphatic carbocycles. The maximum absolute atomic E-state index is 12.3. The first-order valence-electron chi connectivity index (χ1n) is 20.3. The van der Waals surface area contributed by atoms with Crippen molar-refractivity contribution >= 4 is 52.6 Å². The fraction of sp³-hybridized carbons (Fsp3) is 0. The minimum atomic E-state index is -4.56. The number of hydrogen-bond donors (Lipinski definition) is 7. The van der Waals surface area contributed by atoms with Crippen LogP contribution in [0.15, 0.2) is 191 Å². The SMILES string of the molecule is O=S(=O)(O)c1ccc(C2=c3ccc([nH]3)=C(c3ccccc3)c3ccc([nH]3)C(c3ccccc3)=c3cc(-c4ccc(S(=O)(=O)O)cc4)c([nH]3)=C(c3ccc(S(=O)(=O)O)cc3)c3ccc2[nH]3)cc1. The van der Waals surface area contributed by atoms with Gasteiger partial charge in [-0.05, 0) is 107 Å². The molecule has 0 atom stereocenters. The number of aromatic amines is 4. The molecule has 0 amide bonds. The van der Waals surface area contributed by atoms with Crippen molar-refractivity contribution in [3.63, 3.8) is 0 Å². The second kappa shape index (κ2) is 16.1. The Bertz CT molecular complexity index is 3970. The van der Waals surface area contributed by atoms with E-state index >= 15 is 0 Å². The van der Waals surface area contributed by atoms with Gasteiger partial charge in [0.15, 0.2) is 0 Å². The van der Waals surface area contributed by atoms with Crippen molar-refractivity contribution in [1.29, 1.82) is 0 Å². The lowest BCUT2D eigenvalue weighted by molar-refractivity contribution is 0.481. The fourth-order valence-corrected chi connectivity index (χ4v) is 9.92. The van der Waals surface area contributed by atoms with E-state index in [4.69, 9.17) is 0 Å². The van der Waals surface area contributed by atoms with E-state index in [0.717, 1.165) is 39.0 Å². The van der Waals surface area contributed by atoms with Crippen LogP contribution in [0, 0.1) is 0 Å². The molecule has 328 valence electrons. The van der Waals surface area contributed by atoms with Gasteiger partial charge < -0.3 is 19.9 Å². The third kappa shape index (κ3) is 7.98. The largest absolute Gasteiger partial charge is 0.354 e. The van der Waals surface area contributed by atoms with Crippen molar-refractivity contribution in [2.75, 3.05) is 0 Å². The summed E-state index contributed by atoms with van der Waals surface area (Å²) in [5, 5.41) is 2.60. The number of rotatable bonds is 8. The Hall–Kier alpha value is -7.57. The van der Waals surface area contributed by atoms with Gasteiger partial charge >= 0.3 is 0 Å². The highest BCUT2D eigenvalue weighted by Gasteiger charge is 2.22. The van der Waals surface area contributed by atoms with Gasteiger partial charge in [-0.25, -0.2) is 0 Å². The molecule has 16 heteroatoms. The summed E-state index contributed by atoms with van der Waals surface area (Å²) in [6.45, 7) is 0. The Morgan fingerprint density at radius 1 is 0.303 bits per heavy atom. The van der Waals surface area contributed by atoms with Crippen molar-refractivity contribution in [3.8, 4) is 11.1 Å². The molecule has 9 aromatic rings. The molecule has 0 radical (unpaired) electrons. The van der Waals surface area contributed by atoms with Gasteiger partial charge in [0.05, 0.1) is 20.0 Å². The number of H-pyrrole nitrogens is 4. The molecule has 5 heterocycles. The molecule has 0 fully saturated rings. The van der Waals surface area contributed by atoms with Crippen LogP contribution in [-0.2, 0) is 30.4 Å². The topological polar surface area (TPSA) is 226 Å². The lowest BCUT2D eigenvalue weighted by Crippen LogP contribution is -2.19. The minimum absolute atomic E-state index is 0.281. The zero-order chi connectivity index (χ0) is 46.0. The van der Waals surface area contributed by atoms with E-state index in [0.29, 0.717) is 60.8 Å². The normalized spacial score (nSPS) is 13.3. The highest BCUT2D eigenvalue weighted by atomic mass is 32.2. The molecule has 0 saturated heterocycles. The van der Waals surface area contributed by atoms with E-state index in [1.54, 1.807) is 36.4 Å². The predicted molar refractivity (Wildman–Crippen MR) is 249 cm³/mol. The van der Waals surface area contributed by atoms with Crippen LogP contribution < -0.4 is 21.4 Å². The predicted octanol–water partition coefficient (Wildman–Crippen LogP) is 5.71. The third-order valence-electron chi connectivity index (χ3n) is 11.5. The Balaban J connectivity index is 1.38. The van der Waals surface area contributed by atoms with E-state index in [1.807, 2.05) is 103 Å². The molecular weight excluding hydrogens is 897 g/mol. The summed E-state index contributed by atoms with van der Waals surface area (Å²) < 4.78 is 103. The molecule has 13 nitrogen and oxygen atoms in total. The number of aromatic nitrogens is 4. The summed E-state index contributed by atoms with van der Waals surface area (Å²) in [4.78, 5) is 13.8. The first kappa shape index (κ1) is 42.4. The molecule has 10 rings (SSSR count). The van der Waals surface area contributed by atoms with Crippen LogP contribution in [0.4, 0.5) is 0 Å². The van der Waals surface area contributed by atoms with Crippen LogP contribution in [0.1, 0.15) is 45.0 Å². The second-order valence-electron chi connectivity index (χ2n) is 15.6. The molecule has 0 spiro atoms. The van der Waals surface area contributed by atoms with Gasteiger partial charge in [0.2, 0.25) is 0 Å². The van der Waals surface area contributed by atoms with Crippen molar-refractivity contribution in [1.82, 2.24) is 19.9 Å². The number of nitrogens with one attached hydrogen (secondary N) is 4. The molecule has 1 aliphatic heterocycles. The Morgan fingerprint density at radius 2 is 0.636 bits per heavy atom. The monoisotopic (exact) mass is 932 g/mol. The maximum atomic E-state index is 12.3. The van der Waals surface area contributed by atoms with Crippen LogP contribution in [0.3, 0.4) is 0 Å². The van der Waals surface area contributed by atoms with E-state index < -0.39 is 30.4 Å². The Labute approximate surface area is 377 Å². The van der Waals surface area contributed by atoms with E-state index in [1.165, 1.54) is 36.4 Å². The number of hydrogen-bond acceptors (Lipinski definition) is 6. The van der Waals surface area contributed by atoms with E-state index in [-0.39, 0.29) is 14.7 Å². The summed E-state index contributed by atoms with van der Waals surface area (Å²) in [6, 6.07) is 50.6. The van der Waals surface area contributed by atoms with Crippen molar-refractivity contribution in [2.24, 2.45) is 0 Å². The van der Waals surface area contributed by atoms with Gasteiger partial charge in [0.1, 0.15) is 0 Å². The molecule has 0 saturated carbocycles. The van der Waals surface area contributed by atoms with Crippen molar-refractivity contribution in [2.45, 2.75) is 14.7 Å². The molecule has 66 heavy (non-hydrogen) atoms. The second-order valence-corrected chi connectivity index (χ2v) is 19.8. The summed E-state index contributed by atoms with van der Waals surface area (Å²) in [6.07, 6.45) is 0. The molecule has 0 unspecified atom stereocenters. The molecule has 4 aromatic heterocycles. The summed E-state index contributed by atoms with van der Waals surface area (Å²) in [5.41, 5.74) is 9.55. The Morgan fingerprint density at radius 3 is 1.03 bits per heavy atom. The lowest BCUT2D eigenvalue weighted by Gasteiger charge is -2.11. The van der Waals surface area contributed by atoms with Crippen molar-refractivity contribution < 1.29 is 38.9 Å². The fourth-order valence-electron chi connectivity index (χ4n) is 8.48. The Kier molecular flexibility index (Phi) is 10.4. The average molecular weight is 933 g/mol. The van der Waals surface area contributed by atoms with Crippen LogP contribution in [-0.4, -0.2) is 58.8 Å². The van der Waals surface area contributed by atoms with Crippen molar-refractivity contribution in [3.05, 3.63) is 242 Å². The smallest absolute Gasteiger partial charge is 0.294 e. The minimum Gasteiger partial charge on any atom is -0.354 e. The molecule has 8 bridgehead atoms. The van der Waals surface area contributed by atoms with Gasteiger partial charge in [0.25, 0.3) is 30.4 Å². The van der Waals surface area contributed by atoms with Gasteiger partial charge in [0, 0.05) is 66.7 Å². The standard InChI is InChI=1S/C50H36N4O9S3/c55-64(56,57)35-17-11-30(12-18-35)38-29-45-48(32-9-5-2-6-10-32)43-26-25-40(52-43)46(31-7-3-1-4-8-31)39-23-24-41(51-39)47(33-13-19-36(20-14-33)65(58,59)60)42-27-28-44(53-42)49(50(38)54-45)34-15-21-37(22-16-34)66(61,62)63/h1-29,51-54H,(H,55,56,57)(H,58,59,60)(H,61,62,63). The maximum Gasteiger partial charge on any atom is 0.294 e. The van der Waals surface area contributed by atoms with Gasteiger partial charge in [-0.3, -0.25) is 13.7 Å². The van der Waals surface area contributed by atoms with Crippen LogP contribution in [0.5, 0.6) is 0 Å². The van der Waals surface area contributed by atoms with E-state index in [9.17, 15) is 38.9 Å². The summed E-state index contributed by atoms with van der Waals surface area (Å²) in [5.74, 6) is 0. The van der Waals surface area contributed by atoms with Crippen LogP contribution >= 0.6 is 0 Å². The zero-order valence-electron chi connectivity index (χ0n) is 34.3. The zero-order valence-corrected chi connectivity index (χ0v) is 36.7. The van der Waals surface area contributed by atoms with Crippen LogP contribution in [0.2, 0.25) is 0 Å². The van der Waals surface area contributed by atoms with Gasteiger partial charge in [-0.15, -0.1) is 0 Å². The van der Waals surface area contributed by atoms with Crippen LogP contribution in [0.25, 0.3) is 33.4 Å². The number of fused-ring (bicyclic) bond motifs is 8. The quantitative estimate of drug-likeness (QED) is 0.0926. The van der Waals surface area contributed by atoms with E-state index in [2.05, 4.69) is 19.9 Å². The summed E-state index contributed by atoms with van der Waals surface area (Å²) >= 11 is 0. The van der Waals surface area contributed by atoms with Gasteiger partial charge in [-0.2, -0.15) is 25.3 Å². The third-order valence-corrected chi connectivity index (χ3v) is 14.1. The highest BCUT2D eigenvalue weighted by molar-refractivity contribution is 7.86. The first-order valence-corrected chi connectivity index (χ1v) is 24.6. The molecule has 1 aliphatic rings. The molecule has 5 aromatic carbocycles. The lowest BCUT2D eigenvalue weighted by atomic mass is 9.98. The molecule has 7 N–H and O–H groups in total. The molecular formula is C50H36N4O9S3.